The van der Waals surface area contributed by atoms with Crippen LogP contribution in [0.5, 0.6) is 0 Å². The van der Waals surface area contributed by atoms with Crippen molar-refractivity contribution in [2.45, 2.75) is 197 Å². The van der Waals surface area contributed by atoms with Gasteiger partial charge in [-0.05, 0) is 196 Å². The predicted molar refractivity (Wildman–Crippen MR) is 342 cm³/mol. The van der Waals surface area contributed by atoms with E-state index in [9.17, 15) is 0 Å². The first-order valence-electron chi connectivity index (χ1n) is 30.4. The van der Waals surface area contributed by atoms with E-state index in [1.807, 2.05) is 63.1 Å². The molecule has 0 heterocycles. The van der Waals surface area contributed by atoms with Crippen LogP contribution in [0.4, 0.5) is 0 Å². The van der Waals surface area contributed by atoms with Crippen LogP contribution in [0.3, 0.4) is 0 Å². The Hall–Kier alpha value is 2.49. The molecule has 0 spiro atoms. The predicted octanol–water partition coefficient (Wildman–Crippen LogP) is 16.5. The number of hydrogen-bond donors (Lipinski definition) is 0. The van der Waals surface area contributed by atoms with Gasteiger partial charge in [-0.15, -0.1) is 0 Å². The van der Waals surface area contributed by atoms with Gasteiger partial charge < -0.3 is 53.1 Å². The molecule has 0 aromatic heterocycles. The summed E-state index contributed by atoms with van der Waals surface area (Å²) in [6, 6.07) is 3.64. The zero-order valence-corrected chi connectivity index (χ0v) is 59.2. The molecule has 6 atom stereocenters. The Morgan fingerprint density at radius 2 is 0.487 bits per heavy atom. The standard InChI is InChI=1S/C54H114O12S6Si4/c1-13-55-73(56-14-2,57-15-3)43-25-37-67-69-41-33-53-47-49(35-45-75(61-19-7,62-20-8)63-21-9)27-29-51(53)31-39-71-72-40-32-52-30-28-50(36-46-76(64-22-10,65-23-11)66-24-12)48-54(52)34-42-70-68-38-26-44-74(58-16-4,59-17-5)60-18-6/h49-54H,13-48H2,1-12H3. The number of hydrogen-bond acceptors (Lipinski definition) is 18. The first-order chi connectivity index (χ1) is 37.0. The normalized spacial score (nSPS) is 21.0. The molecule has 6 unspecified atom stereocenters. The van der Waals surface area contributed by atoms with Crippen molar-refractivity contribution in [1.29, 1.82) is 0 Å². The molecule has 0 amide bonds. The SMILES string of the molecule is CCO[Si](CCCSSCCC1CC(CC[Si](OCC)(OCC)OCC)CCC1CCSSCCC1CCC(CC[Si](OCC)(OCC)OCC)CC1CCSSCCC[Si](OCC)(OCC)OCC)(OCC)OCC. The van der Waals surface area contributed by atoms with Crippen LogP contribution in [0.25, 0.3) is 0 Å². The maximum absolute atomic E-state index is 6.30. The Morgan fingerprint density at radius 3 is 0.737 bits per heavy atom. The maximum atomic E-state index is 6.30. The van der Waals surface area contributed by atoms with Gasteiger partial charge in [0.15, 0.2) is 0 Å². The molecule has 76 heavy (non-hydrogen) atoms. The number of rotatable bonds is 53. The lowest BCUT2D eigenvalue weighted by molar-refractivity contribution is 0.0666. The third kappa shape index (κ3) is 30.5. The minimum absolute atomic E-state index is 0.637. The van der Waals surface area contributed by atoms with Crippen LogP contribution in [-0.2, 0) is 53.1 Å². The van der Waals surface area contributed by atoms with Gasteiger partial charge >= 0.3 is 35.2 Å². The summed E-state index contributed by atoms with van der Waals surface area (Å²) >= 11 is 0. The van der Waals surface area contributed by atoms with Crippen molar-refractivity contribution in [3.8, 4) is 0 Å². The summed E-state index contributed by atoms with van der Waals surface area (Å²) in [4.78, 5) is 0. The van der Waals surface area contributed by atoms with Crippen molar-refractivity contribution < 1.29 is 53.1 Å². The summed E-state index contributed by atoms with van der Waals surface area (Å²) in [6.07, 6.45) is 17.6. The zero-order chi connectivity index (χ0) is 55.6. The van der Waals surface area contributed by atoms with E-state index in [2.05, 4.69) is 84.7 Å². The Bertz CT molecular complexity index is 1190. The van der Waals surface area contributed by atoms with Gasteiger partial charge in [0.05, 0.1) is 0 Å². The Labute approximate surface area is 495 Å². The van der Waals surface area contributed by atoms with Crippen LogP contribution >= 0.6 is 64.8 Å². The van der Waals surface area contributed by atoms with Gasteiger partial charge in [-0.1, -0.05) is 77.6 Å². The highest BCUT2D eigenvalue weighted by Crippen LogP contribution is 2.45. The highest BCUT2D eigenvalue weighted by molar-refractivity contribution is 8.77. The lowest BCUT2D eigenvalue weighted by Crippen LogP contribution is -2.46. The van der Waals surface area contributed by atoms with E-state index in [0.29, 0.717) is 91.1 Å². The second-order valence-corrected chi connectivity index (χ2v) is 38.7. The molecule has 0 aromatic carbocycles. The molecule has 0 radical (unpaired) electrons. The molecule has 2 fully saturated rings. The van der Waals surface area contributed by atoms with Gasteiger partial charge in [-0.3, -0.25) is 0 Å². The molecule has 2 saturated carbocycles. The average Bonchev–Trinajstić information content (AvgIpc) is 3.39. The molecule has 2 aliphatic rings. The molecule has 2 rings (SSSR count). The molecule has 0 aliphatic heterocycles. The van der Waals surface area contributed by atoms with Crippen LogP contribution in [0.15, 0.2) is 0 Å². The summed E-state index contributed by atoms with van der Waals surface area (Å²) in [6.45, 7) is 32.4. The quantitative estimate of drug-likeness (QED) is 0.0327. The third-order valence-corrected chi connectivity index (χ3v) is 34.5. The second kappa shape index (κ2) is 46.7. The van der Waals surface area contributed by atoms with Gasteiger partial charge in [0, 0.05) is 138 Å². The molecule has 0 saturated heterocycles. The largest absolute Gasteiger partial charge is 0.500 e. The van der Waals surface area contributed by atoms with Crippen LogP contribution in [0.1, 0.15) is 173 Å². The lowest BCUT2D eigenvalue weighted by atomic mass is 9.71. The fraction of sp³-hybridized carbons (Fsp3) is 1.00. The summed E-state index contributed by atoms with van der Waals surface area (Å²) in [5.41, 5.74) is 0. The Kier molecular flexibility index (Phi) is 45.9. The first kappa shape index (κ1) is 74.6. The average molecular weight is 1260 g/mol. The van der Waals surface area contributed by atoms with E-state index in [1.165, 1.54) is 87.2 Å². The van der Waals surface area contributed by atoms with E-state index in [1.54, 1.807) is 0 Å². The molecular weight excluding hydrogens is 1150 g/mol. The minimum atomic E-state index is -2.65. The van der Waals surface area contributed by atoms with Gasteiger partial charge in [0.1, 0.15) is 0 Å². The highest BCUT2D eigenvalue weighted by Gasteiger charge is 2.44. The Morgan fingerprint density at radius 1 is 0.263 bits per heavy atom. The van der Waals surface area contributed by atoms with Crippen molar-refractivity contribution >= 4 is 100.0 Å². The van der Waals surface area contributed by atoms with Crippen LogP contribution in [0.2, 0.25) is 24.2 Å². The zero-order valence-electron chi connectivity index (χ0n) is 50.3. The molecule has 0 aromatic rings. The molecule has 12 nitrogen and oxygen atoms in total. The van der Waals surface area contributed by atoms with Gasteiger partial charge in [0.2, 0.25) is 0 Å². The van der Waals surface area contributed by atoms with Crippen molar-refractivity contribution in [2.24, 2.45) is 35.5 Å². The third-order valence-electron chi connectivity index (χ3n) is 14.5. The van der Waals surface area contributed by atoms with Crippen LogP contribution < -0.4 is 0 Å². The van der Waals surface area contributed by atoms with Crippen molar-refractivity contribution in [2.75, 3.05) is 114 Å². The monoisotopic (exact) mass is 1260 g/mol. The summed E-state index contributed by atoms with van der Waals surface area (Å²) in [7, 11) is 2.01. The topological polar surface area (TPSA) is 111 Å². The van der Waals surface area contributed by atoms with E-state index >= 15 is 0 Å². The van der Waals surface area contributed by atoms with Gasteiger partial charge in [0.25, 0.3) is 0 Å². The highest BCUT2D eigenvalue weighted by atomic mass is 33.1. The molecule has 2 aliphatic carbocycles. The Balaban J connectivity index is 2.03. The van der Waals surface area contributed by atoms with Crippen LogP contribution in [0, 0.1) is 35.5 Å². The fourth-order valence-corrected chi connectivity index (χ4v) is 29.5. The van der Waals surface area contributed by atoms with Gasteiger partial charge in [-0.2, -0.15) is 0 Å². The fourth-order valence-electron chi connectivity index (χ4n) is 11.5. The van der Waals surface area contributed by atoms with E-state index in [4.69, 9.17) is 53.1 Å². The van der Waals surface area contributed by atoms with E-state index in [-0.39, 0.29) is 0 Å². The summed E-state index contributed by atoms with van der Waals surface area (Å²) < 4.78 is 74.6. The second-order valence-electron chi connectivity index (χ2n) is 19.7. The summed E-state index contributed by atoms with van der Waals surface area (Å²) in [5.74, 6) is 11.6. The molecular formula is C54H114O12S6Si4. The van der Waals surface area contributed by atoms with Crippen molar-refractivity contribution in [1.82, 2.24) is 0 Å². The summed E-state index contributed by atoms with van der Waals surface area (Å²) in [5, 5.41) is 0. The first-order valence-corrected chi connectivity index (χ1v) is 45.6. The molecule has 454 valence electrons. The molecule has 0 N–H and O–H groups in total. The molecule has 0 bridgehead atoms. The molecule has 22 heteroatoms. The smallest absolute Gasteiger partial charge is 0.374 e. The maximum Gasteiger partial charge on any atom is 0.500 e. The van der Waals surface area contributed by atoms with Crippen molar-refractivity contribution in [3.05, 3.63) is 0 Å². The van der Waals surface area contributed by atoms with E-state index < -0.39 is 35.2 Å². The van der Waals surface area contributed by atoms with Gasteiger partial charge in [-0.25, -0.2) is 0 Å². The lowest BCUT2D eigenvalue weighted by Gasteiger charge is -2.38. The van der Waals surface area contributed by atoms with E-state index in [0.717, 1.165) is 85.0 Å². The minimum Gasteiger partial charge on any atom is -0.374 e. The van der Waals surface area contributed by atoms with Crippen molar-refractivity contribution in [3.63, 3.8) is 0 Å². The van der Waals surface area contributed by atoms with Crippen LogP contribution in [-0.4, -0.2) is 149 Å².